The molecule has 0 saturated heterocycles. The van der Waals surface area contributed by atoms with E-state index >= 15 is 0 Å². The predicted octanol–water partition coefficient (Wildman–Crippen LogP) is 8.07. The molecule has 0 heterocycles. The number of esters is 1. The summed E-state index contributed by atoms with van der Waals surface area (Å²) in [5.74, 6) is 6.40. The van der Waals surface area contributed by atoms with Gasteiger partial charge in [-0.1, -0.05) is 64.8 Å². The van der Waals surface area contributed by atoms with Crippen LogP contribution in [0, 0.1) is 17.7 Å². The number of hydrogen-bond acceptors (Lipinski definition) is 4. The van der Waals surface area contributed by atoms with Crippen molar-refractivity contribution in [2.45, 2.75) is 65.9 Å². The van der Waals surface area contributed by atoms with Crippen LogP contribution in [0.2, 0.25) is 0 Å². The number of carbonyl (C=O) groups excluding carboxylic acids is 1. The average Bonchev–Trinajstić information content (AvgIpc) is 2.92. The molecule has 1 atom stereocenters. The van der Waals surface area contributed by atoms with Crippen molar-refractivity contribution in [3.63, 3.8) is 0 Å². The van der Waals surface area contributed by atoms with E-state index in [1.54, 1.807) is 26.2 Å². The van der Waals surface area contributed by atoms with E-state index in [2.05, 4.69) is 32.6 Å². The first kappa shape index (κ1) is 30.4. The lowest BCUT2D eigenvalue weighted by Gasteiger charge is -2.24. The van der Waals surface area contributed by atoms with E-state index in [0.717, 1.165) is 22.3 Å². The molecule has 0 radical (unpaired) electrons. The fraction of sp³-hybridized carbons (Fsp3) is 0.364. The summed E-state index contributed by atoms with van der Waals surface area (Å²) in [5.41, 5.74) is 4.02. The third-order valence-corrected chi connectivity index (χ3v) is 5.96. The molecule has 0 N–H and O–H groups in total. The monoisotopic (exact) mass is 518 g/mol. The third kappa shape index (κ3) is 8.11. The fourth-order valence-electron chi connectivity index (χ4n) is 4.04. The number of benzene rings is 3. The molecular weight excluding hydrogens is 479 g/mol. The average molecular weight is 519 g/mol. The van der Waals surface area contributed by atoms with Crippen LogP contribution in [0.3, 0.4) is 0 Å². The number of carbonyl (C=O) groups is 1. The van der Waals surface area contributed by atoms with Gasteiger partial charge in [0.1, 0.15) is 23.9 Å². The second-order valence-electron chi connectivity index (χ2n) is 9.56. The van der Waals surface area contributed by atoms with Crippen molar-refractivity contribution in [3.05, 3.63) is 83.2 Å². The summed E-state index contributed by atoms with van der Waals surface area (Å²) in [6, 6.07) is 18.4. The minimum atomic E-state index is -0.301. The van der Waals surface area contributed by atoms with Crippen molar-refractivity contribution in [2.24, 2.45) is 0 Å². The lowest BCUT2D eigenvalue weighted by molar-refractivity contribution is -0.140. The molecule has 0 aromatic heterocycles. The van der Waals surface area contributed by atoms with Gasteiger partial charge in [0.05, 0.1) is 26.6 Å². The zero-order valence-corrected chi connectivity index (χ0v) is 23.8. The standard InChI is InChI=1S/C31H33FO4.C2H6/c1-7-8-23(18-30(33)35-6)22-10-12-24(13-11-22)36-20-21-9-15-28(31(2,3)4)26(17-21)27-19-25(34-5)14-16-29(27)32;1-2/h9-17,19,23H,18,20H2,1-6H3;1-2H3. The molecule has 3 rings (SSSR count). The van der Waals surface area contributed by atoms with Crippen molar-refractivity contribution in [3.8, 4) is 34.5 Å². The Labute approximate surface area is 227 Å². The quantitative estimate of drug-likeness (QED) is 0.223. The minimum Gasteiger partial charge on any atom is -0.497 e. The minimum absolute atomic E-state index is 0.178. The summed E-state index contributed by atoms with van der Waals surface area (Å²) in [6.07, 6.45) is 0.196. The van der Waals surface area contributed by atoms with Gasteiger partial charge in [-0.25, -0.2) is 4.39 Å². The van der Waals surface area contributed by atoms with E-state index in [-0.39, 0.29) is 29.5 Å². The highest BCUT2D eigenvalue weighted by atomic mass is 19.1. The van der Waals surface area contributed by atoms with Crippen molar-refractivity contribution in [2.75, 3.05) is 14.2 Å². The van der Waals surface area contributed by atoms with Gasteiger partial charge in [0.15, 0.2) is 0 Å². The smallest absolute Gasteiger partial charge is 0.307 e. The van der Waals surface area contributed by atoms with E-state index in [1.165, 1.54) is 13.2 Å². The highest BCUT2D eigenvalue weighted by molar-refractivity contribution is 5.72. The Hall–Kier alpha value is -3.78. The predicted molar refractivity (Wildman–Crippen MR) is 152 cm³/mol. The van der Waals surface area contributed by atoms with Gasteiger partial charge in [-0.3, -0.25) is 4.79 Å². The first-order valence-electron chi connectivity index (χ1n) is 12.9. The highest BCUT2D eigenvalue weighted by Gasteiger charge is 2.21. The van der Waals surface area contributed by atoms with Crippen LogP contribution in [-0.2, 0) is 21.6 Å². The molecule has 4 nitrogen and oxygen atoms in total. The first-order chi connectivity index (χ1) is 18.2. The van der Waals surface area contributed by atoms with Gasteiger partial charge >= 0.3 is 5.97 Å². The summed E-state index contributed by atoms with van der Waals surface area (Å²) in [5, 5.41) is 0. The van der Waals surface area contributed by atoms with Crippen LogP contribution in [0.4, 0.5) is 4.39 Å². The number of methoxy groups -OCH3 is 2. The topological polar surface area (TPSA) is 44.8 Å². The van der Waals surface area contributed by atoms with Gasteiger partial charge in [-0.2, -0.15) is 0 Å². The Kier molecular flexibility index (Phi) is 11.4. The zero-order valence-electron chi connectivity index (χ0n) is 23.8. The van der Waals surface area contributed by atoms with Crippen molar-refractivity contribution in [1.29, 1.82) is 0 Å². The Bertz CT molecular complexity index is 1260. The van der Waals surface area contributed by atoms with Gasteiger partial charge in [0, 0.05) is 5.56 Å². The van der Waals surface area contributed by atoms with Crippen molar-refractivity contribution < 1.29 is 23.4 Å². The molecule has 3 aromatic carbocycles. The van der Waals surface area contributed by atoms with Crippen LogP contribution in [-0.4, -0.2) is 20.2 Å². The molecule has 0 fully saturated rings. The van der Waals surface area contributed by atoms with Crippen molar-refractivity contribution in [1.82, 2.24) is 0 Å². The maximum Gasteiger partial charge on any atom is 0.307 e. The van der Waals surface area contributed by atoms with Crippen LogP contribution in [0.5, 0.6) is 11.5 Å². The van der Waals surface area contributed by atoms with Gasteiger partial charge in [-0.05, 0) is 71.0 Å². The second kappa shape index (κ2) is 14.2. The van der Waals surface area contributed by atoms with E-state index in [4.69, 9.17) is 14.2 Å². The molecule has 0 saturated carbocycles. The van der Waals surface area contributed by atoms with Gasteiger partial charge in [0.2, 0.25) is 0 Å². The Morgan fingerprint density at radius 3 is 2.16 bits per heavy atom. The first-order valence-corrected chi connectivity index (χ1v) is 12.9. The number of hydrogen-bond donors (Lipinski definition) is 0. The molecule has 0 aliphatic rings. The maximum atomic E-state index is 14.9. The summed E-state index contributed by atoms with van der Waals surface area (Å²) >= 11 is 0. The lowest BCUT2D eigenvalue weighted by Crippen LogP contribution is -2.13. The van der Waals surface area contributed by atoms with Crippen LogP contribution in [0.15, 0.2) is 60.7 Å². The van der Waals surface area contributed by atoms with Crippen LogP contribution in [0.25, 0.3) is 11.1 Å². The largest absolute Gasteiger partial charge is 0.497 e. The van der Waals surface area contributed by atoms with Gasteiger partial charge in [0.25, 0.3) is 0 Å². The summed E-state index contributed by atoms with van der Waals surface area (Å²) in [7, 11) is 2.95. The van der Waals surface area contributed by atoms with Crippen molar-refractivity contribution >= 4 is 5.97 Å². The molecule has 1 unspecified atom stereocenters. The molecule has 5 heteroatoms. The highest BCUT2D eigenvalue weighted by Crippen LogP contribution is 2.37. The molecule has 0 amide bonds. The SMILES string of the molecule is CC.CC#CC(CC(=O)OC)c1ccc(OCc2ccc(C(C)(C)C)c(-c3cc(OC)ccc3F)c2)cc1. The maximum absolute atomic E-state index is 14.9. The Morgan fingerprint density at radius 1 is 0.921 bits per heavy atom. The van der Waals surface area contributed by atoms with Gasteiger partial charge in [-0.15, -0.1) is 5.92 Å². The zero-order chi connectivity index (χ0) is 28.3. The fourth-order valence-corrected chi connectivity index (χ4v) is 4.04. The third-order valence-electron chi connectivity index (χ3n) is 5.96. The number of rotatable bonds is 8. The van der Waals surface area contributed by atoms with E-state index < -0.39 is 0 Å². The van der Waals surface area contributed by atoms with E-state index in [9.17, 15) is 9.18 Å². The molecule has 202 valence electrons. The van der Waals surface area contributed by atoms with Gasteiger partial charge < -0.3 is 14.2 Å². The Balaban J connectivity index is 0.00000247. The molecule has 0 spiro atoms. The van der Waals surface area contributed by atoms with Crippen LogP contribution in [0.1, 0.15) is 70.6 Å². The number of halogens is 1. The lowest BCUT2D eigenvalue weighted by atomic mass is 9.81. The summed E-state index contributed by atoms with van der Waals surface area (Å²) < 4.78 is 31.0. The van der Waals surface area contributed by atoms with Crippen LogP contribution < -0.4 is 9.47 Å². The molecule has 38 heavy (non-hydrogen) atoms. The molecule has 3 aromatic rings. The second-order valence-corrected chi connectivity index (χ2v) is 9.56. The van der Waals surface area contributed by atoms with Crippen LogP contribution >= 0.6 is 0 Å². The summed E-state index contributed by atoms with van der Waals surface area (Å²) in [6.45, 7) is 12.4. The molecular formula is C33H39FO4. The van der Waals surface area contributed by atoms with E-state index in [1.807, 2.05) is 56.3 Å². The van der Waals surface area contributed by atoms with E-state index in [0.29, 0.717) is 23.7 Å². The summed E-state index contributed by atoms with van der Waals surface area (Å²) in [4.78, 5) is 11.7. The molecule has 0 aliphatic carbocycles. The number of ether oxygens (including phenoxy) is 3. The Morgan fingerprint density at radius 2 is 1.58 bits per heavy atom. The normalized spacial score (nSPS) is 11.3. The molecule has 0 aliphatic heterocycles. The molecule has 0 bridgehead atoms.